The van der Waals surface area contributed by atoms with Crippen LogP contribution in [-0.4, -0.2) is 29.3 Å². The number of nitrogens with one attached hydrogen (secondary N) is 2. The Morgan fingerprint density at radius 1 is 1.47 bits per heavy atom. The van der Waals surface area contributed by atoms with Gasteiger partial charge in [-0.25, -0.2) is 0 Å². The minimum Gasteiger partial charge on any atom is -0.467 e. The third-order valence-corrected chi connectivity index (χ3v) is 1.91. The summed E-state index contributed by atoms with van der Waals surface area (Å²) in [6.07, 6.45) is 1.64. The van der Waals surface area contributed by atoms with Gasteiger partial charge in [0.05, 0.1) is 12.8 Å². The van der Waals surface area contributed by atoms with Crippen molar-refractivity contribution in [3.05, 3.63) is 24.2 Å². The first-order chi connectivity index (χ1) is 7.25. The van der Waals surface area contributed by atoms with E-state index < -0.39 is 0 Å². The predicted octanol–water partition coefficient (Wildman–Crippen LogP) is 1.08. The molecule has 0 aliphatic rings. The van der Waals surface area contributed by atoms with Crippen LogP contribution < -0.4 is 10.2 Å². The van der Waals surface area contributed by atoms with E-state index in [0.29, 0.717) is 12.5 Å². The maximum Gasteiger partial charge on any atom is 0.225 e. The van der Waals surface area contributed by atoms with Gasteiger partial charge in [0.1, 0.15) is 5.76 Å². The van der Waals surface area contributed by atoms with Crippen LogP contribution in [0.3, 0.4) is 0 Å². The number of rotatable bonds is 4. The highest BCUT2D eigenvalue weighted by Crippen LogP contribution is 2.07. The van der Waals surface area contributed by atoms with E-state index in [4.69, 9.17) is 4.42 Å². The number of aromatic nitrogens is 3. The molecule has 0 saturated carbocycles. The van der Waals surface area contributed by atoms with E-state index in [0.717, 1.165) is 11.7 Å². The average molecular weight is 207 g/mol. The molecule has 2 N–H and O–H groups in total. The van der Waals surface area contributed by atoms with E-state index in [9.17, 15) is 0 Å². The molecular weight excluding hydrogens is 194 g/mol. The number of hydrogen-bond donors (Lipinski definition) is 2. The Hall–Kier alpha value is -1.98. The highest BCUT2D eigenvalue weighted by Gasteiger charge is 2.03. The zero-order valence-electron chi connectivity index (χ0n) is 8.69. The molecule has 0 fully saturated rings. The molecule has 2 aromatic heterocycles. The summed E-state index contributed by atoms with van der Waals surface area (Å²) in [5.74, 6) is 2.21. The van der Waals surface area contributed by atoms with Gasteiger partial charge in [-0.2, -0.15) is 0 Å². The van der Waals surface area contributed by atoms with Crippen LogP contribution in [0.25, 0.3) is 0 Å². The number of anilines is 2. The summed E-state index contributed by atoms with van der Waals surface area (Å²) in [4.78, 5) is 4.88. The Morgan fingerprint density at radius 2 is 2.33 bits per heavy atom. The summed E-state index contributed by atoms with van der Waals surface area (Å²) in [5.41, 5.74) is 0. The lowest BCUT2D eigenvalue weighted by Crippen LogP contribution is -2.10. The Bertz CT molecular complexity index is 406. The van der Waals surface area contributed by atoms with Crippen molar-refractivity contribution in [2.45, 2.75) is 6.54 Å². The van der Waals surface area contributed by atoms with Crippen LogP contribution in [0, 0.1) is 0 Å². The summed E-state index contributed by atoms with van der Waals surface area (Å²) < 4.78 is 5.17. The summed E-state index contributed by atoms with van der Waals surface area (Å²) in [6.45, 7) is 0.592. The van der Waals surface area contributed by atoms with Crippen molar-refractivity contribution in [3.8, 4) is 0 Å². The van der Waals surface area contributed by atoms with E-state index >= 15 is 0 Å². The lowest BCUT2D eigenvalue weighted by Gasteiger charge is -2.05. The summed E-state index contributed by atoms with van der Waals surface area (Å²) in [6, 6.07) is 3.75. The predicted molar refractivity (Wildman–Crippen MR) is 56.7 cm³/mol. The monoisotopic (exact) mass is 207 g/mol. The molecule has 0 saturated heterocycles. The molecule has 0 unspecified atom stereocenters. The van der Waals surface area contributed by atoms with Gasteiger partial charge < -0.3 is 14.6 Å². The molecule has 0 aromatic carbocycles. The number of H-pyrrole nitrogens is 1. The molecule has 0 radical (unpaired) electrons. The number of nitrogens with zero attached hydrogens (tertiary/aromatic N) is 3. The van der Waals surface area contributed by atoms with Crippen molar-refractivity contribution in [1.82, 2.24) is 15.2 Å². The molecule has 2 aromatic rings. The first kappa shape index (κ1) is 9.57. The molecule has 0 aliphatic carbocycles. The smallest absolute Gasteiger partial charge is 0.225 e. The topological polar surface area (TPSA) is 70.0 Å². The van der Waals surface area contributed by atoms with Crippen molar-refractivity contribution >= 4 is 11.9 Å². The van der Waals surface area contributed by atoms with Crippen LogP contribution in [0.5, 0.6) is 0 Å². The van der Waals surface area contributed by atoms with E-state index in [2.05, 4.69) is 20.5 Å². The summed E-state index contributed by atoms with van der Waals surface area (Å²) in [7, 11) is 3.80. The fourth-order valence-electron chi connectivity index (χ4n) is 1.12. The fraction of sp³-hybridized carbons (Fsp3) is 0.333. The van der Waals surface area contributed by atoms with Gasteiger partial charge in [0.25, 0.3) is 0 Å². The second kappa shape index (κ2) is 4.04. The van der Waals surface area contributed by atoms with E-state index in [1.165, 1.54) is 0 Å². The van der Waals surface area contributed by atoms with Gasteiger partial charge in [-0.3, -0.25) is 4.98 Å². The zero-order valence-corrected chi connectivity index (χ0v) is 8.69. The van der Waals surface area contributed by atoms with Crippen molar-refractivity contribution in [1.29, 1.82) is 0 Å². The minimum atomic E-state index is 0.592. The SMILES string of the molecule is CN(C)c1nnc(NCc2ccco2)[nH]1. The molecule has 0 aliphatic heterocycles. The highest BCUT2D eigenvalue weighted by atomic mass is 16.3. The molecule has 15 heavy (non-hydrogen) atoms. The minimum absolute atomic E-state index is 0.592. The summed E-state index contributed by atoms with van der Waals surface area (Å²) >= 11 is 0. The van der Waals surface area contributed by atoms with Crippen LogP contribution in [0.2, 0.25) is 0 Å². The van der Waals surface area contributed by atoms with Crippen molar-refractivity contribution in [2.75, 3.05) is 24.3 Å². The van der Waals surface area contributed by atoms with Crippen LogP contribution in [0.1, 0.15) is 5.76 Å². The van der Waals surface area contributed by atoms with Crippen LogP contribution >= 0.6 is 0 Å². The average Bonchev–Trinajstić information content (AvgIpc) is 2.86. The molecule has 6 heteroatoms. The Labute approximate surface area is 87.3 Å². The van der Waals surface area contributed by atoms with Crippen molar-refractivity contribution < 1.29 is 4.42 Å². The number of furan rings is 1. The maximum absolute atomic E-state index is 5.17. The van der Waals surface area contributed by atoms with E-state index in [1.54, 1.807) is 6.26 Å². The van der Waals surface area contributed by atoms with E-state index in [-0.39, 0.29) is 0 Å². The third kappa shape index (κ3) is 2.28. The lowest BCUT2D eigenvalue weighted by molar-refractivity contribution is 0.517. The standard InChI is InChI=1S/C9H13N5O/c1-14(2)9-11-8(12-13-9)10-6-7-4-3-5-15-7/h3-5H,6H2,1-2H3,(H2,10,11,12,13). The first-order valence-corrected chi connectivity index (χ1v) is 4.62. The normalized spacial score (nSPS) is 10.3. The van der Waals surface area contributed by atoms with Gasteiger partial charge in [-0.1, -0.05) is 0 Å². The van der Waals surface area contributed by atoms with Gasteiger partial charge in [0, 0.05) is 14.1 Å². The molecule has 0 atom stereocenters. The van der Waals surface area contributed by atoms with Gasteiger partial charge >= 0.3 is 0 Å². The van der Waals surface area contributed by atoms with Gasteiger partial charge in [-0.15, -0.1) is 10.2 Å². The van der Waals surface area contributed by atoms with Crippen LogP contribution in [-0.2, 0) is 6.54 Å². The van der Waals surface area contributed by atoms with Crippen molar-refractivity contribution in [3.63, 3.8) is 0 Å². The fourth-order valence-corrected chi connectivity index (χ4v) is 1.12. The van der Waals surface area contributed by atoms with E-state index in [1.807, 2.05) is 31.1 Å². The molecule has 0 bridgehead atoms. The molecule has 2 heterocycles. The Kier molecular flexibility index (Phi) is 2.57. The van der Waals surface area contributed by atoms with Crippen LogP contribution in [0.15, 0.2) is 22.8 Å². The molecule has 6 nitrogen and oxygen atoms in total. The van der Waals surface area contributed by atoms with Crippen LogP contribution in [0.4, 0.5) is 11.9 Å². The van der Waals surface area contributed by atoms with Crippen molar-refractivity contribution in [2.24, 2.45) is 0 Å². The van der Waals surface area contributed by atoms with Gasteiger partial charge in [0.2, 0.25) is 11.9 Å². The number of aromatic amines is 1. The first-order valence-electron chi connectivity index (χ1n) is 4.62. The summed E-state index contributed by atoms with van der Waals surface area (Å²) in [5, 5.41) is 11.0. The molecule has 80 valence electrons. The molecule has 0 amide bonds. The Morgan fingerprint density at radius 3 is 2.93 bits per heavy atom. The highest BCUT2D eigenvalue weighted by molar-refractivity contribution is 5.34. The Balaban J connectivity index is 1.94. The lowest BCUT2D eigenvalue weighted by atomic mass is 10.4. The van der Waals surface area contributed by atoms with Gasteiger partial charge in [-0.05, 0) is 12.1 Å². The quantitative estimate of drug-likeness (QED) is 0.785. The zero-order chi connectivity index (χ0) is 10.7. The van der Waals surface area contributed by atoms with Gasteiger partial charge in [0.15, 0.2) is 0 Å². The largest absolute Gasteiger partial charge is 0.467 e. The molecule has 0 spiro atoms. The number of hydrogen-bond acceptors (Lipinski definition) is 5. The molecular formula is C9H13N5O. The maximum atomic E-state index is 5.17. The second-order valence-electron chi connectivity index (χ2n) is 3.32. The molecule has 2 rings (SSSR count). The second-order valence-corrected chi connectivity index (χ2v) is 3.32. The third-order valence-electron chi connectivity index (χ3n) is 1.91.